The number of hydrogen-bond acceptors (Lipinski definition) is 5. The number of pyridine rings is 1. The molecule has 0 aliphatic carbocycles. The molecule has 2 aromatic rings. The summed E-state index contributed by atoms with van der Waals surface area (Å²) < 4.78 is 11.6. The van der Waals surface area contributed by atoms with E-state index in [9.17, 15) is 14.4 Å². The highest BCUT2D eigenvalue weighted by molar-refractivity contribution is 5.96. The Bertz CT molecular complexity index is 869. The number of alkyl carbamates (subject to hydrolysis) is 1. The number of carbonyl (C=O) groups is 3. The van der Waals surface area contributed by atoms with Crippen molar-refractivity contribution in [1.82, 2.24) is 10.6 Å². The Hall–Kier alpha value is -3.42. The van der Waals surface area contributed by atoms with Crippen LogP contribution in [0.2, 0.25) is 0 Å². The molecule has 8 nitrogen and oxygen atoms in total. The first-order valence-corrected chi connectivity index (χ1v) is 10.1. The molecule has 31 heavy (non-hydrogen) atoms. The van der Waals surface area contributed by atoms with Crippen LogP contribution in [0, 0.1) is 5.92 Å². The van der Waals surface area contributed by atoms with Gasteiger partial charge in [-0.05, 0) is 24.8 Å². The summed E-state index contributed by atoms with van der Waals surface area (Å²) in [6, 6.07) is 12.2. The zero-order valence-electron chi connectivity index (χ0n) is 18.3. The third-order valence-corrected chi connectivity index (χ3v) is 4.66. The predicted molar refractivity (Wildman–Crippen MR) is 114 cm³/mol. The van der Waals surface area contributed by atoms with E-state index in [-0.39, 0.29) is 24.6 Å². The lowest BCUT2D eigenvalue weighted by atomic mass is 10.0. The van der Waals surface area contributed by atoms with E-state index >= 15 is 0 Å². The molecule has 1 heterocycles. The molecule has 0 radical (unpaired) electrons. The van der Waals surface area contributed by atoms with Crippen molar-refractivity contribution in [2.24, 2.45) is 5.92 Å². The largest absolute Gasteiger partial charge is 0.467 e. The molecule has 0 saturated carbocycles. The highest BCUT2D eigenvalue weighted by Gasteiger charge is 2.25. The first kappa shape index (κ1) is 23.9. The molecule has 8 heteroatoms. The highest BCUT2D eigenvalue weighted by Crippen LogP contribution is 2.06. The Morgan fingerprint density at radius 3 is 2.19 bits per heavy atom. The smallest absolute Gasteiger partial charge is 0.412 e. The second-order valence-corrected chi connectivity index (χ2v) is 7.62. The van der Waals surface area contributed by atoms with Gasteiger partial charge in [0.2, 0.25) is 0 Å². The maximum atomic E-state index is 12.4. The number of aromatic nitrogens is 1. The average molecular weight is 429 g/mol. The number of hydrogen-bond donors (Lipinski definition) is 2. The van der Waals surface area contributed by atoms with Crippen molar-refractivity contribution >= 4 is 18.0 Å². The summed E-state index contributed by atoms with van der Waals surface area (Å²) in [6.45, 7) is 5.56. The van der Waals surface area contributed by atoms with E-state index in [1.54, 1.807) is 29.1 Å². The zero-order chi connectivity index (χ0) is 22.8. The number of ether oxygens (including phenoxy) is 2. The summed E-state index contributed by atoms with van der Waals surface area (Å²) in [5, 5.41) is 5.47. The fourth-order valence-corrected chi connectivity index (χ4v) is 2.94. The van der Waals surface area contributed by atoms with Crippen LogP contribution in [0.5, 0.6) is 0 Å². The van der Waals surface area contributed by atoms with Crippen LogP contribution in [0.3, 0.4) is 0 Å². The van der Waals surface area contributed by atoms with E-state index in [0.717, 1.165) is 5.56 Å². The van der Waals surface area contributed by atoms with Gasteiger partial charge in [0.25, 0.3) is 12.6 Å². The highest BCUT2D eigenvalue weighted by atomic mass is 16.6. The van der Waals surface area contributed by atoms with Gasteiger partial charge in [0, 0.05) is 18.2 Å². The van der Waals surface area contributed by atoms with Crippen molar-refractivity contribution in [2.75, 3.05) is 7.11 Å². The molecule has 2 N–H and O–H groups in total. The lowest BCUT2D eigenvalue weighted by molar-refractivity contribution is -0.727. The first-order chi connectivity index (χ1) is 14.8. The lowest BCUT2D eigenvalue weighted by Crippen LogP contribution is -2.45. The van der Waals surface area contributed by atoms with Gasteiger partial charge in [0.05, 0.1) is 12.7 Å². The zero-order valence-corrected chi connectivity index (χ0v) is 18.3. The molecule has 1 aromatic carbocycles. The summed E-state index contributed by atoms with van der Waals surface area (Å²) in [5.41, 5.74) is 1.51. The number of methoxy groups -OCH3 is 1. The van der Waals surface area contributed by atoms with Crippen LogP contribution in [0.1, 0.15) is 36.7 Å². The van der Waals surface area contributed by atoms with Crippen LogP contribution in [-0.4, -0.2) is 37.2 Å². The molecule has 0 unspecified atom stereocenters. The third-order valence-electron chi connectivity index (χ3n) is 4.66. The van der Waals surface area contributed by atoms with Crippen molar-refractivity contribution < 1.29 is 28.4 Å². The van der Waals surface area contributed by atoms with Crippen molar-refractivity contribution in [3.8, 4) is 0 Å². The van der Waals surface area contributed by atoms with Crippen LogP contribution in [0.4, 0.5) is 4.79 Å². The van der Waals surface area contributed by atoms with Gasteiger partial charge in [0.15, 0.2) is 12.4 Å². The molecule has 0 fully saturated rings. The minimum Gasteiger partial charge on any atom is -0.467 e. The Kier molecular flexibility index (Phi) is 8.99. The fraction of sp³-hybridized carbons (Fsp3) is 0.391. The summed E-state index contributed by atoms with van der Waals surface area (Å²) in [4.78, 5) is 36.2. The molecular weight excluding hydrogens is 398 g/mol. The summed E-state index contributed by atoms with van der Waals surface area (Å²) in [5.74, 6) is -0.985. The number of amides is 2. The normalized spacial score (nSPS) is 12.5. The molecule has 2 atom stereocenters. The minimum atomic E-state index is -0.727. The summed E-state index contributed by atoms with van der Waals surface area (Å²) in [6.07, 6.45) is 3.43. The molecular formula is C23H30N3O5+. The first-order valence-electron chi connectivity index (χ1n) is 10.1. The van der Waals surface area contributed by atoms with Crippen LogP contribution >= 0.6 is 0 Å². The molecule has 1 aromatic heterocycles. The van der Waals surface area contributed by atoms with Crippen molar-refractivity contribution in [2.45, 2.75) is 46.0 Å². The van der Waals surface area contributed by atoms with E-state index in [2.05, 4.69) is 10.6 Å². The van der Waals surface area contributed by atoms with Gasteiger partial charge < -0.3 is 20.1 Å². The Balaban J connectivity index is 1.82. The van der Waals surface area contributed by atoms with E-state index in [4.69, 9.17) is 9.47 Å². The van der Waals surface area contributed by atoms with Gasteiger partial charge in [-0.15, -0.1) is 0 Å². The van der Waals surface area contributed by atoms with Gasteiger partial charge in [-0.3, -0.25) is 4.79 Å². The van der Waals surface area contributed by atoms with Crippen molar-refractivity contribution in [3.63, 3.8) is 0 Å². The maximum absolute atomic E-state index is 12.4. The molecule has 2 amide bonds. The fourth-order valence-electron chi connectivity index (χ4n) is 2.94. The van der Waals surface area contributed by atoms with Crippen LogP contribution in [-0.2, 0) is 27.4 Å². The summed E-state index contributed by atoms with van der Waals surface area (Å²) >= 11 is 0. The Morgan fingerprint density at radius 2 is 1.61 bits per heavy atom. The van der Waals surface area contributed by atoms with Crippen molar-refractivity contribution in [3.05, 3.63) is 66.0 Å². The molecule has 0 saturated heterocycles. The molecule has 0 aliphatic heterocycles. The minimum absolute atomic E-state index is 0.00255. The van der Waals surface area contributed by atoms with Gasteiger partial charge in [-0.2, -0.15) is 4.57 Å². The second kappa shape index (κ2) is 11.7. The third kappa shape index (κ3) is 7.73. The number of rotatable bonds is 9. The Labute approximate surface area is 182 Å². The SMILES string of the molecule is COC(=O)[C@@H](NC(=O)c1cc[n+](COC(=O)N[C@@H](C)Cc2ccccc2)cc1)C(C)C. The maximum Gasteiger partial charge on any atom is 0.412 e. The standard InChI is InChI=1S/C23H29N3O5/c1-16(2)20(22(28)30-4)25-21(27)19-10-12-26(13-11-19)15-31-23(29)24-17(3)14-18-8-6-5-7-9-18/h5-13,16-17,20H,14-15H2,1-4H3,(H-,24,25,27,29)/p+1/t17-,20-/m0/s1. The lowest BCUT2D eigenvalue weighted by Gasteiger charge is -2.19. The molecule has 0 aliphatic rings. The van der Waals surface area contributed by atoms with Gasteiger partial charge in [-0.25, -0.2) is 9.59 Å². The number of nitrogens with one attached hydrogen (secondary N) is 2. The quantitative estimate of drug-likeness (QED) is 0.471. The monoisotopic (exact) mass is 428 g/mol. The van der Waals surface area contributed by atoms with Crippen LogP contribution in [0.15, 0.2) is 54.9 Å². The van der Waals surface area contributed by atoms with E-state index in [1.807, 2.05) is 51.1 Å². The topological polar surface area (TPSA) is 97.6 Å². The number of nitrogens with zero attached hydrogens (tertiary/aromatic N) is 1. The molecule has 166 valence electrons. The second-order valence-electron chi connectivity index (χ2n) is 7.62. The summed E-state index contributed by atoms with van der Waals surface area (Å²) in [7, 11) is 1.29. The number of carbonyl (C=O) groups excluding carboxylic acids is 3. The molecule has 0 spiro atoms. The van der Waals surface area contributed by atoms with Crippen LogP contribution in [0.25, 0.3) is 0 Å². The van der Waals surface area contributed by atoms with Gasteiger partial charge in [-0.1, -0.05) is 44.2 Å². The molecule has 2 rings (SSSR count). The van der Waals surface area contributed by atoms with Crippen molar-refractivity contribution in [1.29, 1.82) is 0 Å². The van der Waals surface area contributed by atoms with E-state index < -0.39 is 18.1 Å². The number of benzene rings is 1. The molecule has 0 bridgehead atoms. The van der Waals surface area contributed by atoms with E-state index in [0.29, 0.717) is 12.0 Å². The van der Waals surface area contributed by atoms with E-state index in [1.165, 1.54) is 7.11 Å². The van der Waals surface area contributed by atoms with Gasteiger partial charge in [0.1, 0.15) is 6.04 Å². The van der Waals surface area contributed by atoms with Crippen LogP contribution < -0.4 is 15.2 Å². The van der Waals surface area contributed by atoms with Gasteiger partial charge >= 0.3 is 12.1 Å². The number of esters is 1. The predicted octanol–water partition coefficient (Wildman–Crippen LogP) is 2.22. The Morgan fingerprint density at radius 1 is 0.968 bits per heavy atom. The average Bonchev–Trinajstić information content (AvgIpc) is 2.76.